The summed E-state index contributed by atoms with van der Waals surface area (Å²) >= 11 is 0. The number of aromatic nitrogens is 3. The van der Waals surface area contributed by atoms with Crippen LogP contribution in [-0.2, 0) is 4.79 Å². The van der Waals surface area contributed by atoms with E-state index in [0.717, 1.165) is 23.4 Å². The highest BCUT2D eigenvalue weighted by molar-refractivity contribution is 5.88. The number of carbonyl (C=O) groups is 1. The molecular formula is C20H24N4O2. The lowest BCUT2D eigenvalue weighted by Gasteiger charge is -2.40. The summed E-state index contributed by atoms with van der Waals surface area (Å²) in [5.74, 6) is 1.38. The van der Waals surface area contributed by atoms with E-state index in [1.165, 1.54) is 6.33 Å². The lowest BCUT2D eigenvalue weighted by molar-refractivity contribution is -0.125. The number of nitrogens with zero attached hydrogens (tertiary/aromatic N) is 3. The lowest BCUT2D eigenvalue weighted by atomic mass is 9.72. The molecule has 0 saturated carbocycles. The van der Waals surface area contributed by atoms with Gasteiger partial charge in [-0.3, -0.25) is 4.79 Å². The van der Waals surface area contributed by atoms with E-state index in [-0.39, 0.29) is 23.2 Å². The molecule has 2 atom stereocenters. The van der Waals surface area contributed by atoms with Crippen molar-refractivity contribution in [1.29, 1.82) is 0 Å². The number of ketones is 1. The van der Waals surface area contributed by atoms with Crippen LogP contribution in [0.2, 0.25) is 0 Å². The third-order valence-electron chi connectivity index (χ3n) is 4.97. The number of carbonyl (C=O) groups excluding carboxylic acids is 1. The van der Waals surface area contributed by atoms with Gasteiger partial charge in [-0.25, -0.2) is 4.68 Å². The Morgan fingerprint density at radius 1 is 1.35 bits per heavy atom. The van der Waals surface area contributed by atoms with Crippen LogP contribution >= 0.6 is 0 Å². The number of hydrogen-bond donors (Lipinski definition) is 1. The van der Waals surface area contributed by atoms with Gasteiger partial charge in [0.05, 0.1) is 18.6 Å². The Morgan fingerprint density at radius 3 is 2.96 bits per heavy atom. The molecule has 2 aromatic rings. The van der Waals surface area contributed by atoms with Gasteiger partial charge in [-0.15, -0.1) is 0 Å². The monoisotopic (exact) mass is 352 g/mol. The normalized spacial score (nSPS) is 23.5. The molecule has 1 aliphatic heterocycles. The first-order chi connectivity index (χ1) is 12.5. The van der Waals surface area contributed by atoms with Gasteiger partial charge < -0.3 is 10.1 Å². The van der Waals surface area contributed by atoms with E-state index >= 15 is 0 Å². The first kappa shape index (κ1) is 16.8. The summed E-state index contributed by atoms with van der Waals surface area (Å²) in [5.41, 5.74) is 1.72. The predicted octanol–water partition coefficient (Wildman–Crippen LogP) is 3.58. The molecule has 6 nitrogen and oxygen atoms in total. The summed E-state index contributed by atoms with van der Waals surface area (Å²) in [6, 6.07) is 7.67. The number of Topliss-reactive ketones (excluding diaryl/α,β-unsaturated/α-hetero) is 1. The quantitative estimate of drug-likeness (QED) is 0.911. The summed E-state index contributed by atoms with van der Waals surface area (Å²) in [6.45, 7) is 6.89. The van der Waals surface area contributed by atoms with Gasteiger partial charge in [-0.1, -0.05) is 45.0 Å². The molecule has 0 saturated heterocycles. The van der Waals surface area contributed by atoms with Gasteiger partial charge in [-0.2, -0.15) is 10.1 Å². The Kier molecular flexibility index (Phi) is 4.05. The minimum atomic E-state index is -0.302. The molecule has 0 amide bonds. The largest absolute Gasteiger partial charge is 0.493 e. The van der Waals surface area contributed by atoms with Crippen LogP contribution in [0, 0.1) is 11.3 Å². The van der Waals surface area contributed by atoms with Crippen molar-refractivity contribution in [3.63, 3.8) is 0 Å². The molecule has 0 spiro atoms. The Morgan fingerprint density at radius 2 is 2.15 bits per heavy atom. The predicted molar refractivity (Wildman–Crippen MR) is 99.0 cm³/mol. The maximum atomic E-state index is 13.1. The lowest BCUT2D eigenvalue weighted by Crippen LogP contribution is -2.42. The molecular weight excluding hydrogens is 328 g/mol. The standard InChI is InChI=1S/C20H24N4O2/c1-4-9-26-16-8-6-5-7-13(16)18-17-14(10-20(2,3)11-15(17)25)23-19-21-12-22-24(18)19/h5-8,10,12,17-18H,4,9,11H2,1-3H3,(H,21,22,23)/t17-,18-/m0/s1. The van der Waals surface area contributed by atoms with E-state index in [1.807, 2.05) is 28.9 Å². The maximum absolute atomic E-state index is 13.1. The first-order valence-electron chi connectivity index (χ1n) is 9.14. The van der Waals surface area contributed by atoms with E-state index in [1.54, 1.807) is 0 Å². The molecule has 6 heteroatoms. The minimum absolute atomic E-state index is 0.166. The summed E-state index contributed by atoms with van der Waals surface area (Å²) in [6.07, 6.45) is 5.14. The van der Waals surface area contributed by atoms with Gasteiger partial charge in [0.15, 0.2) is 0 Å². The molecule has 136 valence electrons. The molecule has 4 rings (SSSR count). The molecule has 1 N–H and O–H groups in total. The van der Waals surface area contributed by atoms with Crippen molar-refractivity contribution in [3.8, 4) is 5.75 Å². The smallest absolute Gasteiger partial charge is 0.226 e. The maximum Gasteiger partial charge on any atom is 0.226 e. The average molecular weight is 352 g/mol. The van der Waals surface area contributed by atoms with Gasteiger partial charge in [0, 0.05) is 17.7 Å². The number of rotatable bonds is 4. The minimum Gasteiger partial charge on any atom is -0.493 e. The highest BCUT2D eigenvalue weighted by Gasteiger charge is 2.45. The van der Waals surface area contributed by atoms with Gasteiger partial charge in [0.1, 0.15) is 17.9 Å². The van der Waals surface area contributed by atoms with Crippen LogP contribution in [0.3, 0.4) is 0 Å². The second-order valence-corrected chi connectivity index (χ2v) is 7.69. The van der Waals surface area contributed by atoms with Crippen molar-refractivity contribution >= 4 is 11.7 Å². The zero-order valence-electron chi connectivity index (χ0n) is 15.4. The third kappa shape index (κ3) is 2.79. The highest BCUT2D eigenvalue weighted by atomic mass is 16.5. The van der Waals surface area contributed by atoms with E-state index < -0.39 is 0 Å². The molecule has 1 aliphatic carbocycles. The van der Waals surface area contributed by atoms with Crippen molar-refractivity contribution in [3.05, 3.63) is 47.9 Å². The zero-order chi connectivity index (χ0) is 18.3. The fourth-order valence-corrected chi connectivity index (χ4v) is 3.95. The van der Waals surface area contributed by atoms with E-state index in [0.29, 0.717) is 19.0 Å². The Balaban J connectivity index is 1.86. The van der Waals surface area contributed by atoms with E-state index in [2.05, 4.69) is 42.2 Å². The molecule has 1 aromatic carbocycles. The van der Waals surface area contributed by atoms with Gasteiger partial charge in [0.25, 0.3) is 0 Å². The average Bonchev–Trinajstić information content (AvgIpc) is 3.05. The van der Waals surface area contributed by atoms with Crippen molar-refractivity contribution in [1.82, 2.24) is 14.8 Å². The number of para-hydroxylation sites is 1. The van der Waals surface area contributed by atoms with Gasteiger partial charge in [-0.05, 0) is 17.9 Å². The second-order valence-electron chi connectivity index (χ2n) is 7.69. The number of ether oxygens (including phenoxy) is 1. The fourth-order valence-electron chi connectivity index (χ4n) is 3.95. The molecule has 2 heterocycles. The Hall–Kier alpha value is -2.63. The van der Waals surface area contributed by atoms with Crippen LogP contribution in [0.1, 0.15) is 45.2 Å². The summed E-state index contributed by atoms with van der Waals surface area (Å²) < 4.78 is 7.79. The number of anilines is 1. The van der Waals surface area contributed by atoms with Gasteiger partial charge >= 0.3 is 0 Å². The summed E-state index contributed by atoms with van der Waals surface area (Å²) in [4.78, 5) is 17.4. The molecule has 0 fully saturated rings. The second kappa shape index (κ2) is 6.27. The molecule has 0 radical (unpaired) electrons. The molecule has 0 bridgehead atoms. The van der Waals surface area contributed by atoms with Crippen LogP contribution in [0.25, 0.3) is 0 Å². The number of fused-ring (bicyclic) bond motifs is 2. The van der Waals surface area contributed by atoms with Crippen molar-refractivity contribution < 1.29 is 9.53 Å². The van der Waals surface area contributed by atoms with Crippen LogP contribution in [-0.4, -0.2) is 27.2 Å². The number of benzene rings is 1. The zero-order valence-corrected chi connectivity index (χ0v) is 15.4. The van der Waals surface area contributed by atoms with E-state index in [9.17, 15) is 4.79 Å². The highest BCUT2D eigenvalue weighted by Crippen LogP contribution is 2.46. The van der Waals surface area contributed by atoms with Crippen LogP contribution in [0.4, 0.5) is 5.95 Å². The van der Waals surface area contributed by atoms with E-state index in [4.69, 9.17) is 4.74 Å². The summed E-state index contributed by atoms with van der Waals surface area (Å²) in [5, 5.41) is 7.72. The molecule has 0 unspecified atom stereocenters. The number of allylic oxidation sites excluding steroid dienone is 2. The Labute approximate surface area is 153 Å². The topological polar surface area (TPSA) is 69.0 Å². The van der Waals surface area contributed by atoms with Gasteiger partial charge in [0.2, 0.25) is 5.95 Å². The molecule has 26 heavy (non-hydrogen) atoms. The Bertz CT molecular complexity index is 868. The van der Waals surface area contributed by atoms with Crippen molar-refractivity contribution in [2.75, 3.05) is 11.9 Å². The van der Waals surface area contributed by atoms with Crippen LogP contribution < -0.4 is 10.1 Å². The number of hydrogen-bond acceptors (Lipinski definition) is 5. The summed E-state index contributed by atoms with van der Waals surface area (Å²) in [7, 11) is 0. The van der Waals surface area contributed by atoms with Crippen molar-refractivity contribution in [2.24, 2.45) is 11.3 Å². The van der Waals surface area contributed by atoms with Crippen LogP contribution in [0.15, 0.2) is 42.4 Å². The van der Waals surface area contributed by atoms with Crippen molar-refractivity contribution in [2.45, 2.75) is 39.7 Å². The first-order valence-corrected chi connectivity index (χ1v) is 9.14. The van der Waals surface area contributed by atoms with Crippen LogP contribution in [0.5, 0.6) is 5.75 Å². The number of nitrogens with one attached hydrogen (secondary N) is 1. The third-order valence-corrected chi connectivity index (χ3v) is 4.97. The SMILES string of the molecule is CCCOc1ccccc1[C@H]1[C@@H]2C(=O)CC(C)(C)C=C2Nc2ncnn21. The molecule has 1 aromatic heterocycles. The fraction of sp³-hybridized carbons (Fsp3) is 0.450. The molecule has 2 aliphatic rings.